The molecule has 0 atom stereocenters. The first-order valence-electron chi connectivity index (χ1n) is 7.76. The summed E-state index contributed by atoms with van der Waals surface area (Å²) in [6, 6.07) is 14.0. The lowest BCUT2D eigenvalue weighted by Gasteiger charge is -2.01. The predicted octanol–water partition coefficient (Wildman–Crippen LogP) is 4.37. The van der Waals surface area contributed by atoms with Crippen molar-refractivity contribution in [2.24, 2.45) is 0 Å². The number of benzene rings is 2. The van der Waals surface area contributed by atoms with Crippen molar-refractivity contribution in [1.29, 1.82) is 0 Å². The molecule has 2 heterocycles. The normalized spacial score (nSPS) is 11.2. The van der Waals surface area contributed by atoms with Crippen molar-refractivity contribution in [2.75, 3.05) is 11.9 Å². The summed E-state index contributed by atoms with van der Waals surface area (Å²) in [6.45, 7) is 2.34. The number of nitrogens with one attached hydrogen (secondary N) is 1. The highest BCUT2D eigenvalue weighted by atomic mass is 32.1. The van der Waals surface area contributed by atoms with Gasteiger partial charge in [-0.15, -0.1) is 11.3 Å². The maximum Gasteiger partial charge on any atom is 0.252 e. The van der Waals surface area contributed by atoms with Crippen LogP contribution in [0, 0.1) is 6.92 Å². The third-order valence-electron chi connectivity index (χ3n) is 3.59. The lowest BCUT2D eigenvalue weighted by Crippen LogP contribution is -2.18. The molecule has 0 aliphatic heterocycles. The van der Waals surface area contributed by atoms with E-state index in [1.165, 1.54) is 16.9 Å². The lowest BCUT2D eigenvalue weighted by molar-refractivity contribution is -0.121. The quantitative estimate of drug-likeness (QED) is 0.567. The van der Waals surface area contributed by atoms with Gasteiger partial charge < -0.3 is 4.74 Å². The van der Waals surface area contributed by atoms with Gasteiger partial charge in [-0.2, -0.15) is 0 Å². The molecule has 4 rings (SSSR count). The minimum atomic E-state index is -0.211. The topological polar surface area (TPSA) is 64.1 Å². The molecule has 0 aliphatic rings. The Morgan fingerprint density at radius 3 is 2.80 bits per heavy atom. The zero-order chi connectivity index (χ0) is 17.2. The first kappa shape index (κ1) is 16.1. The van der Waals surface area contributed by atoms with Crippen molar-refractivity contribution in [2.45, 2.75) is 13.5 Å². The smallest absolute Gasteiger partial charge is 0.252 e. The summed E-state index contributed by atoms with van der Waals surface area (Å²) in [5.41, 5.74) is 3.02. The molecule has 5 nitrogen and oxygen atoms in total. The van der Waals surface area contributed by atoms with E-state index in [0.717, 1.165) is 25.4 Å². The van der Waals surface area contributed by atoms with Gasteiger partial charge in [-0.25, -0.2) is 9.97 Å². The molecule has 126 valence electrons. The van der Waals surface area contributed by atoms with E-state index in [1.807, 2.05) is 43.3 Å². The Labute approximate surface area is 152 Å². The van der Waals surface area contributed by atoms with E-state index in [4.69, 9.17) is 4.74 Å². The zero-order valence-electron chi connectivity index (χ0n) is 13.5. The van der Waals surface area contributed by atoms with E-state index in [2.05, 4.69) is 21.4 Å². The largest absolute Gasteiger partial charge is 0.364 e. The second-order valence-electron chi connectivity index (χ2n) is 5.61. The van der Waals surface area contributed by atoms with Gasteiger partial charge in [-0.3, -0.25) is 10.1 Å². The maximum atomic E-state index is 12.0. The van der Waals surface area contributed by atoms with Crippen molar-refractivity contribution in [1.82, 2.24) is 9.97 Å². The average molecular weight is 369 g/mol. The van der Waals surface area contributed by atoms with Crippen molar-refractivity contribution >= 4 is 54.1 Å². The number of hydrogen-bond acceptors (Lipinski definition) is 6. The molecule has 0 fully saturated rings. The van der Waals surface area contributed by atoms with E-state index in [9.17, 15) is 4.79 Å². The molecule has 1 amide bonds. The van der Waals surface area contributed by atoms with E-state index >= 15 is 0 Å². The summed E-state index contributed by atoms with van der Waals surface area (Å²) in [6.07, 6.45) is 0. The molecule has 2 aromatic carbocycles. The highest BCUT2D eigenvalue weighted by molar-refractivity contribution is 7.22. The Balaban J connectivity index is 1.33. The van der Waals surface area contributed by atoms with E-state index < -0.39 is 0 Å². The number of ether oxygens (including phenoxy) is 1. The van der Waals surface area contributed by atoms with Crippen molar-refractivity contribution in [3.05, 3.63) is 53.0 Å². The molecule has 1 N–H and O–H groups in total. The molecular weight excluding hydrogens is 354 g/mol. The number of thiazole rings is 2. The molecule has 0 saturated heterocycles. The Morgan fingerprint density at radius 2 is 1.92 bits per heavy atom. The lowest BCUT2D eigenvalue weighted by atomic mass is 10.2. The second kappa shape index (κ2) is 6.87. The predicted molar refractivity (Wildman–Crippen MR) is 102 cm³/mol. The van der Waals surface area contributed by atoms with E-state index in [1.54, 1.807) is 11.3 Å². The van der Waals surface area contributed by atoms with Crippen molar-refractivity contribution in [3.8, 4) is 0 Å². The van der Waals surface area contributed by atoms with Gasteiger partial charge in [0, 0.05) is 0 Å². The molecule has 7 heteroatoms. The summed E-state index contributed by atoms with van der Waals surface area (Å²) in [5.74, 6) is -0.211. The minimum absolute atomic E-state index is 0.0229. The van der Waals surface area contributed by atoms with Gasteiger partial charge >= 0.3 is 0 Å². The minimum Gasteiger partial charge on any atom is -0.364 e. The molecule has 0 aliphatic carbocycles. The fourth-order valence-corrected chi connectivity index (χ4v) is 4.34. The number of para-hydroxylation sites is 1. The van der Waals surface area contributed by atoms with E-state index in [0.29, 0.717) is 11.7 Å². The number of hydrogen-bond donors (Lipinski definition) is 1. The average Bonchev–Trinajstić information content (AvgIpc) is 3.17. The molecule has 25 heavy (non-hydrogen) atoms. The van der Waals surface area contributed by atoms with Crippen LogP contribution in [0.2, 0.25) is 0 Å². The van der Waals surface area contributed by atoms with Gasteiger partial charge in [-0.1, -0.05) is 29.5 Å². The number of amides is 1. The molecule has 0 spiro atoms. The van der Waals surface area contributed by atoms with Gasteiger partial charge in [0.15, 0.2) is 5.13 Å². The van der Waals surface area contributed by atoms with Gasteiger partial charge in [-0.05, 0) is 36.8 Å². The van der Waals surface area contributed by atoms with Crippen LogP contribution < -0.4 is 5.32 Å². The number of aryl methyl sites for hydroxylation is 1. The van der Waals surface area contributed by atoms with Crippen LogP contribution in [0.3, 0.4) is 0 Å². The van der Waals surface area contributed by atoms with Crippen LogP contribution in [0.25, 0.3) is 20.4 Å². The maximum absolute atomic E-state index is 12.0. The molecule has 2 aromatic heterocycles. The third kappa shape index (κ3) is 3.68. The van der Waals surface area contributed by atoms with Crippen molar-refractivity contribution in [3.63, 3.8) is 0 Å². The van der Waals surface area contributed by atoms with Crippen LogP contribution in [-0.4, -0.2) is 22.5 Å². The standard InChI is InChI=1S/C18H15N3O2S2/c1-11-6-7-13-15(8-11)25-18(20-13)21-16(22)9-23-10-17-19-12-4-2-3-5-14(12)24-17/h2-8H,9-10H2,1H3,(H,20,21,22). The summed E-state index contributed by atoms with van der Waals surface area (Å²) >= 11 is 3.04. The number of nitrogens with zero attached hydrogens (tertiary/aromatic N) is 2. The summed E-state index contributed by atoms with van der Waals surface area (Å²) in [5, 5.41) is 4.25. The van der Waals surface area contributed by atoms with E-state index in [-0.39, 0.29) is 12.5 Å². The number of carbonyl (C=O) groups excluding carboxylic acids is 1. The Hall–Kier alpha value is -2.35. The molecule has 0 radical (unpaired) electrons. The summed E-state index contributed by atoms with van der Waals surface area (Å²) in [7, 11) is 0. The summed E-state index contributed by atoms with van der Waals surface area (Å²) in [4.78, 5) is 20.9. The Kier molecular flexibility index (Phi) is 4.44. The van der Waals surface area contributed by atoms with Gasteiger partial charge in [0.25, 0.3) is 5.91 Å². The van der Waals surface area contributed by atoms with Gasteiger partial charge in [0.1, 0.15) is 11.6 Å². The summed E-state index contributed by atoms with van der Waals surface area (Å²) < 4.78 is 7.67. The number of aromatic nitrogens is 2. The highest BCUT2D eigenvalue weighted by Gasteiger charge is 2.09. The molecular formula is C18H15N3O2S2. The molecule has 0 bridgehead atoms. The van der Waals surface area contributed by atoms with Gasteiger partial charge in [0.2, 0.25) is 0 Å². The number of rotatable bonds is 5. The molecule has 0 unspecified atom stereocenters. The van der Waals surface area contributed by atoms with Crippen LogP contribution in [0.1, 0.15) is 10.6 Å². The first-order chi connectivity index (χ1) is 12.2. The third-order valence-corrected chi connectivity index (χ3v) is 5.53. The Morgan fingerprint density at radius 1 is 1.08 bits per heavy atom. The van der Waals surface area contributed by atoms with Crippen LogP contribution >= 0.6 is 22.7 Å². The van der Waals surface area contributed by atoms with Crippen LogP contribution in [-0.2, 0) is 16.1 Å². The number of anilines is 1. The van der Waals surface area contributed by atoms with Crippen molar-refractivity contribution < 1.29 is 9.53 Å². The monoisotopic (exact) mass is 369 g/mol. The number of fused-ring (bicyclic) bond motifs is 2. The number of carbonyl (C=O) groups is 1. The Bertz CT molecular complexity index is 1020. The second-order valence-corrected chi connectivity index (χ2v) is 7.75. The fourth-order valence-electron chi connectivity index (χ4n) is 2.45. The first-order valence-corrected chi connectivity index (χ1v) is 9.40. The van der Waals surface area contributed by atoms with Gasteiger partial charge in [0.05, 0.1) is 27.0 Å². The highest BCUT2D eigenvalue weighted by Crippen LogP contribution is 2.26. The molecule has 4 aromatic rings. The fraction of sp³-hybridized carbons (Fsp3) is 0.167. The van der Waals surface area contributed by atoms with Crippen LogP contribution in [0.4, 0.5) is 5.13 Å². The zero-order valence-corrected chi connectivity index (χ0v) is 15.1. The SMILES string of the molecule is Cc1ccc2nc(NC(=O)COCc3nc4ccccc4s3)sc2c1. The molecule has 0 saturated carbocycles. The van der Waals surface area contributed by atoms with Crippen LogP contribution in [0.15, 0.2) is 42.5 Å². The van der Waals surface area contributed by atoms with Crippen LogP contribution in [0.5, 0.6) is 0 Å².